The number of nitrogens with zero attached hydrogens (tertiary/aromatic N) is 3. The highest BCUT2D eigenvalue weighted by atomic mass is 19.4. The SMILES string of the molecule is COc1cccc2nn(CC(=O)N[C@@H](C)c3ccc(OC(F)(F)F)cc3)c(=O)n12. The molecule has 0 spiro atoms. The van der Waals surface area contributed by atoms with E-state index in [1.807, 2.05) is 0 Å². The molecule has 1 amide bonds. The Balaban J connectivity index is 1.68. The average Bonchev–Trinajstić information content (AvgIpc) is 2.96. The van der Waals surface area contributed by atoms with Crippen molar-refractivity contribution in [2.45, 2.75) is 25.9 Å². The van der Waals surface area contributed by atoms with E-state index in [1.54, 1.807) is 25.1 Å². The fourth-order valence-corrected chi connectivity index (χ4v) is 2.76. The summed E-state index contributed by atoms with van der Waals surface area (Å²) in [5.74, 6) is -0.559. The monoisotopic (exact) mass is 410 g/mol. The Morgan fingerprint density at radius 1 is 1.21 bits per heavy atom. The minimum Gasteiger partial charge on any atom is -0.482 e. The molecule has 11 heteroatoms. The smallest absolute Gasteiger partial charge is 0.482 e. The summed E-state index contributed by atoms with van der Waals surface area (Å²) in [6.07, 6.45) is -4.77. The molecular formula is C18H17F3N4O4. The zero-order valence-electron chi connectivity index (χ0n) is 15.4. The van der Waals surface area contributed by atoms with Gasteiger partial charge in [0.2, 0.25) is 11.8 Å². The fraction of sp³-hybridized carbons (Fsp3) is 0.278. The van der Waals surface area contributed by atoms with Crippen molar-refractivity contribution in [3.05, 3.63) is 58.5 Å². The van der Waals surface area contributed by atoms with Crippen molar-refractivity contribution >= 4 is 11.6 Å². The highest BCUT2D eigenvalue weighted by Gasteiger charge is 2.31. The average molecular weight is 410 g/mol. The normalized spacial score (nSPS) is 12.6. The number of hydrogen-bond acceptors (Lipinski definition) is 5. The number of fused-ring (bicyclic) bond motifs is 1. The number of amides is 1. The molecule has 0 aliphatic carbocycles. The van der Waals surface area contributed by atoms with Gasteiger partial charge in [-0.1, -0.05) is 18.2 Å². The van der Waals surface area contributed by atoms with Crippen LogP contribution in [0.1, 0.15) is 18.5 Å². The minimum absolute atomic E-state index is 0.286. The molecule has 0 bridgehead atoms. The van der Waals surface area contributed by atoms with Crippen molar-refractivity contribution in [1.82, 2.24) is 19.5 Å². The van der Waals surface area contributed by atoms with Gasteiger partial charge in [-0.3, -0.25) is 4.79 Å². The predicted octanol–water partition coefficient (Wildman–Crippen LogP) is 2.28. The summed E-state index contributed by atoms with van der Waals surface area (Å²) in [4.78, 5) is 24.8. The number of aromatic nitrogens is 3. The van der Waals surface area contributed by atoms with Crippen molar-refractivity contribution in [2.24, 2.45) is 0 Å². The molecule has 8 nitrogen and oxygen atoms in total. The maximum Gasteiger partial charge on any atom is 0.573 e. The number of carbonyl (C=O) groups excluding carboxylic acids is 1. The molecule has 0 radical (unpaired) electrons. The number of halogens is 3. The van der Waals surface area contributed by atoms with Gasteiger partial charge in [0.15, 0.2) is 5.65 Å². The highest BCUT2D eigenvalue weighted by Crippen LogP contribution is 2.24. The number of carbonyl (C=O) groups is 1. The van der Waals surface area contributed by atoms with Gasteiger partial charge in [0.05, 0.1) is 13.2 Å². The zero-order valence-corrected chi connectivity index (χ0v) is 15.4. The summed E-state index contributed by atoms with van der Waals surface area (Å²) in [5, 5.41) is 6.76. The number of alkyl halides is 3. The molecule has 0 fully saturated rings. The number of hydrogen-bond donors (Lipinski definition) is 1. The maximum absolute atomic E-state index is 12.4. The molecular weight excluding hydrogens is 393 g/mol. The topological polar surface area (TPSA) is 86.9 Å². The molecule has 0 aliphatic rings. The van der Waals surface area contributed by atoms with E-state index in [4.69, 9.17) is 4.74 Å². The summed E-state index contributed by atoms with van der Waals surface area (Å²) in [6.45, 7) is 1.33. The lowest BCUT2D eigenvalue weighted by molar-refractivity contribution is -0.274. The second-order valence-corrected chi connectivity index (χ2v) is 6.11. The van der Waals surface area contributed by atoms with E-state index in [2.05, 4.69) is 15.2 Å². The van der Waals surface area contributed by atoms with E-state index < -0.39 is 24.0 Å². The van der Waals surface area contributed by atoms with Crippen molar-refractivity contribution in [3.8, 4) is 11.6 Å². The first kappa shape index (κ1) is 20.2. The van der Waals surface area contributed by atoms with Crippen LogP contribution in [0.15, 0.2) is 47.3 Å². The van der Waals surface area contributed by atoms with Crippen molar-refractivity contribution in [1.29, 1.82) is 0 Å². The van der Waals surface area contributed by atoms with Gasteiger partial charge in [0.1, 0.15) is 12.3 Å². The van der Waals surface area contributed by atoms with Gasteiger partial charge in [0.25, 0.3) is 0 Å². The van der Waals surface area contributed by atoms with Crippen LogP contribution in [-0.4, -0.2) is 33.6 Å². The Bertz CT molecular complexity index is 1070. The van der Waals surface area contributed by atoms with Crippen LogP contribution in [0.4, 0.5) is 13.2 Å². The predicted molar refractivity (Wildman–Crippen MR) is 95.7 cm³/mol. The van der Waals surface area contributed by atoms with Crippen LogP contribution in [0.5, 0.6) is 11.6 Å². The van der Waals surface area contributed by atoms with Gasteiger partial charge in [-0.25, -0.2) is 13.9 Å². The summed E-state index contributed by atoms with van der Waals surface area (Å²) in [7, 11) is 1.41. The van der Waals surface area contributed by atoms with Gasteiger partial charge in [-0.2, -0.15) is 0 Å². The first-order chi connectivity index (χ1) is 13.7. The highest BCUT2D eigenvalue weighted by molar-refractivity contribution is 5.76. The molecule has 2 aromatic heterocycles. The third kappa shape index (κ3) is 4.68. The van der Waals surface area contributed by atoms with E-state index in [0.29, 0.717) is 11.2 Å². The molecule has 3 aromatic rings. The maximum atomic E-state index is 12.4. The number of nitrogens with one attached hydrogen (secondary N) is 1. The van der Waals surface area contributed by atoms with Gasteiger partial charge in [-0.05, 0) is 36.8 Å². The van der Waals surface area contributed by atoms with Crippen LogP contribution in [-0.2, 0) is 11.3 Å². The molecule has 0 saturated carbocycles. The summed E-state index contributed by atoms with van der Waals surface area (Å²) in [5.41, 5.74) is 0.362. The number of pyridine rings is 1. The van der Waals surface area contributed by atoms with Crippen LogP contribution >= 0.6 is 0 Å². The van der Waals surface area contributed by atoms with Crippen molar-refractivity contribution in [2.75, 3.05) is 7.11 Å². The van der Waals surface area contributed by atoms with E-state index in [9.17, 15) is 22.8 Å². The van der Waals surface area contributed by atoms with Crippen LogP contribution in [0.3, 0.4) is 0 Å². The molecule has 1 atom stereocenters. The van der Waals surface area contributed by atoms with Gasteiger partial charge in [-0.15, -0.1) is 18.3 Å². The minimum atomic E-state index is -4.77. The standard InChI is InChI=1S/C18H17F3N4O4/c1-11(12-6-8-13(9-7-12)29-18(19,20)21)22-15(26)10-24-17(27)25-14(23-24)4-3-5-16(25)28-2/h3-9,11H,10H2,1-2H3,(H,22,26)/t11-/m0/s1. The number of methoxy groups -OCH3 is 1. The summed E-state index contributed by atoms with van der Waals surface area (Å²) >= 11 is 0. The second kappa shape index (κ2) is 7.86. The van der Waals surface area contributed by atoms with E-state index in [1.165, 1.54) is 23.6 Å². The van der Waals surface area contributed by atoms with Gasteiger partial charge < -0.3 is 14.8 Å². The van der Waals surface area contributed by atoms with Crippen molar-refractivity contribution in [3.63, 3.8) is 0 Å². The Morgan fingerprint density at radius 2 is 1.90 bits per heavy atom. The molecule has 29 heavy (non-hydrogen) atoms. The Kier molecular flexibility index (Phi) is 5.48. The van der Waals surface area contributed by atoms with Crippen molar-refractivity contribution < 1.29 is 27.4 Å². The van der Waals surface area contributed by atoms with E-state index in [0.717, 1.165) is 16.8 Å². The van der Waals surface area contributed by atoms with Crippen LogP contribution in [0.25, 0.3) is 5.65 Å². The number of benzene rings is 1. The molecule has 0 unspecified atom stereocenters. The molecule has 154 valence electrons. The van der Waals surface area contributed by atoms with E-state index in [-0.39, 0.29) is 18.2 Å². The second-order valence-electron chi connectivity index (χ2n) is 6.11. The van der Waals surface area contributed by atoms with Crippen LogP contribution in [0, 0.1) is 0 Å². The fourth-order valence-electron chi connectivity index (χ4n) is 2.76. The van der Waals surface area contributed by atoms with Crippen LogP contribution < -0.4 is 20.5 Å². The largest absolute Gasteiger partial charge is 0.573 e. The molecule has 1 aromatic carbocycles. The Morgan fingerprint density at radius 3 is 2.52 bits per heavy atom. The lowest BCUT2D eigenvalue weighted by atomic mass is 10.1. The number of rotatable bonds is 6. The lowest BCUT2D eigenvalue weighted by Gasteiger charge is -2.15. The quantitative estimate of drug-likeness (QED) is 0.674. The number of ether oxygens (including phenoxy) is 2. The van der Waals surface area contributed by atoms with Gasteiger partial charge >= 0.3 is 12.1 Å². The summed E-state index contributed by atoms with van der Waals surface area (Å²) in [6, 6.07) is 9.49. The lowest BCUT2D eigenvalue weighted by Crippen LogP contribution is -2.34. The first-order valence-corrected chi connectivity index (χ1v) is 8.45. The zero-order chi connectivity index (χ0) is 21.2. The van der Waals surface area contributed by atoms with E-state index >= 15 is 0 Å². The molecule has 2 heterocycles. The summed E-state index contributed by atoms with van der Waals surface area (Å²) < 4.78 is 47.8. The molecule has 3 rings (SSSR count). The Hall–Kier alpha value is -3.50. The first-order valence-electron chi connectivity index (χ1n) is 8.45. The molecule has 1 N–H and O–H groups in total. The van der Waals surface area contributed by atoms with Gasteiger partial charge in [0, 0.05) is 0 Å². The Labute approximate surface area is 162 Å². The molecule has 0 saturated heterocycles. The molecule has 0 aliphatic heterocycles. The van der Waals surface area contributed by atoms with Crippen LogP contribution in [0.2, 0.25) is 0 Å². The third-order valence-corrected chi connectivity index (χ3v) is 4.06. The third-order valence-electron chi connectivity index (χ3n) is 4.06.